The zero-order valence-corrected chi connectivity index (χ0v) is 17.0. The van der Waals surface area contributed by atoms with Crippen LogP contribution in [0.1, 0.15) is 60.8 Å². The molecule has 3 N–H and O–H groups in total. The van der Waals surface area contributed by atoms with Gasteiger partial charge in [-0.2, -0.15) is 0 Å². The van der Waals surface area contributed by atoms with Crippen molar-refractivity contribution in [1.82, 2.24) is 10.6 Å². The van der Waals surface area contributed by atoms with Gasteiger partial charge in [-0.3, -0.25) is 4.79 Å². The van der Waals surface area contributed by atoms with E-state index >= 15 is 0 Å². The molecular weight excluding hydrogens is 352 g/mol. The van der Waals surface area contributed by atoms with Gasteiger partial charge in [0, 0.05) is 18.9 Å². The molecule has 8 heteroatoms. The second-order valence-electron chi connectivity index (χ2n) is 7.72. The van der Waals surface area contributed by atoms with E-state index in [-0.39, 0.29) is 24.0 Å². The number of ether oxygens (including phenoxy) is 2. The van der Waals surface area contributed by atoms with E-state index in [1.54, 1.807) is 20.8 Å². The van der Waals surface area contributed by atoms with Gasteiger partial charge in [-0.1, -0.05) is 13.8 Å². The minimum absolute atomic E-state index is 0.0578. The normalized spacial score (nSPS) is 22.8. The molecule has 27 heavy (non-hydrogen) atoms. The maximum Gasteiger partial charge on any atom is 0.407 e. The number of carbonyl (C=O) groups is 3. The summed E-state index contributed by atoms with van der Waals surface area (Å²) in [5.41, 5.74) is -0.562. The van der Waals surface area contributed by atoms with Crippen LogP contribution in [-0.4, -0.2) is 53.0 Å². The van der Waals surface area contributed by atoms with Crippen LogP contribution >= 0.6 is 0 Å². The molecule has 1 rings (SSSR count). The van der Waals surface area contributed by atoms with Crippen molar-refractivity contribution in [1.29, 1.82) is 0 Å². The van der Waals surface area contributed by atoms with Gasteiger partial charge in [0.1, 0.15) is 5.60 Å². The van der Waals surface area contributed by atoms with Crippen molar-refractivity contribution in [2.45, 2.75) is 90.7 Å². The fourth-order valence-corrected chi connectivity index (χ4v) is 2.97. The largest absolute Gasteiger partial charge is 0.478 e. The molecule has 0 heterocycles. The number of hydrogen-bond acceptors (Lipinski definition) is 5. The lowest BCUT2D eigenvalue weighted by molar-refractivity contribution is -0.133. The van der Waals surface area contributed by atoms with E-state index in [2.05, 4.69) is 10.6 Å². The molecule has 0 aromatic carbocycles. The van der Waals surface area contributed by atoms with Crippen LogP contribution in [0.5, 0.6) is 0 Å². The summed E-state index contributed by atoms with van der Waals surface area (Å²) >= 11 is 0. The fraction of sp³-hybridized carbons (Fsp3) is 0.737. The van der Waals surface area contributed by atoms with E-state index in [0.717, 1.165) is 12.8 Å². The third kappa shape index (κ3) is 7.58. The zero-order chi connectivity index (χ0) is 20.8. The highest BCUT2D eigenvalue weighted by Crippen LogP contribution is 2.25. The van der Waals surface area contributed by atoms with Gasteiger partial charge in [0.15, 0.2) is 0 Å². The van der Waals surface area contributed by atoms with E-state index in [9.17, 15) is 19.5 Å². The SMILES string of the molecule is CCC(CC)OC1C=C(C(=O)O)C[C@H](NC(=O)OC(C)(C)C)C1NC(C)=O. The summed E-state index contributed by atoms with van der Waals surface area (Å²) < 4.78 is 11.3. The van der Waals surface area contributed by atoms with Gasteiger partial charge >= 0.3 is 12.1 Å². The number of carboxylic acids is 1. The van der Waals surface area contributed by atoms with Crippen LogP contribution in [0.15, 0.2) is 11.6 Å². The standard InChI is InChI=1S/C19H32N2O6/c1-7-13(8-2)26-15-10-12(17(23)24)9-14(16(15)20-11(3)22)21-18(25)27-19(4,5)6/h10,13-16H,7-9H2,1-6H3,(H,20,22)(H,21,25)(H,23,24)/t14-,15?,16?/m0/s1. The van der Waals surface area contributed by atoms with Crippen LogP contribution in [0.2, 0.25) is 0 Å². The number of hydrogen-bond donors (Lipinski definition) is 3. The van der Waals surface area contributed by atoms with Crippen LogP contribution in [0, 0.1) is 0 Å². The number of amides is 2. The Bertz CT molecular complexity index is 577. The van der Waals surface area contributed by atoms with Crippen LogP contribution < -0.4 is 10.6 Å². The van der Waals surface area contributed by atoms with Crippen molar-refractivity contribution >= 4 is 18.0 Å². The third-order valence-corrected chi connectivity index (χ3v) is 4.20. The van der Waals surface area contributed by atoms with Crippen molar-refractivity contribution in [3.8, 4) is 0 Å². The molecule has 2 unspecified atom stereocenters. The van der Waals surface area contributed by atoms with E-state index in [1.165, 1.54) is 13.0 Å². The van der Waals surface area contributed by atoms with E-state index in [4.69, 9.17) is 9.47 Å². The fourth-order valence-electron chi connectivity index (χ4n) is 2.97. The number of rotatable bonds is 7. The number of aliphatic carboxylic acids is 1. The smallest absolute Gasteiger partial charge is 0.407 e. The number of alkyl carbamates (subject to hydrolysis) is 1. The molecular formula is C19H32N2O6. The summed E-state index contributed by atoms with van der Waals surface area (Å²) in [5.74, 6) is -1.37. The highest BCUT2D eigenvalue weighted by molar-refractivity contribution is 5.87. The van der Waals surface area contributed by atoms with Crippen molar-refractivity contribution in [3.05, 3.63) is 11.6 Å². The Labute approximate surface area is 160 Å². The predicted octanol–water partition coefficient (Wildman–Crippen LogP) is 2.37. The van der Waals surface area contributed by atoms with Gasteiger partial charge in [0.05, 0.1) is 24.3 Å². The summed E-state index contributed by atoms with van der Waals surface area (Å²) in [6.45, 7) is 10.5. The quantitative estimate of drug-likeness (QED) is 0.621. The minimum Gasteiger partial charge on any atom is -0.478 e. The maximum atomic E-state index is 12.2. The number of carbonyl (C=O) groups excluding carboxylic acids is 2. The summed E-state index contributed by atoms with van der Waals surface area (Å²) in [5, 5.41) is 14.9. The Morgan fingerprint density at radius 3 is 2.26 bits per heavy atom. The monoisotopic (exact) mass is 384 g/mol. The van der Waals surface area contributed by atoms with Gasteiger partial charge in [-0.25, -0.2) is 9.59 Å². The van der Waals surface area contributed by atoms with E-state index in [0.29, 0.717) is 0 Å². The first kappa shape index (κ1) is 23.0. The van der Waals surface area contributed by atoms with Gasteiger partial charge < -0.3 is 25.2 Å². The van der Waals surface area contributed by atoms with Crippen molar-refractivity contribution in [2.24, 2.45) is 0 Å². The molecule has 1 aliphatic rings. The molecule has 0 aliphatic heterocycles. The van der Waals surface area contributed by atoms with Crippen LogP contribution in [-0.2, 0) is 19.1 Å². The van der Waals surface area contributed by atoms with E-state index in [1.807, 2.05) is 13.8 Å². The Morgan fingerprint density at radius 2 is 1.81 bits per heavy atom. The predicted molar refractivity (Wildman–Crippen MR) is 100 cm³/mol. The molecule has 0 aromatic heterocycles. The molecule has 0 bridgehead atoms. The lowest BCUT2D eigenvalue weighted by atomic mass is 9.87. The molecule has 8 nitrogen and oxygen atoms in total. The van der Waals surface area contributed by atoms with Gasteiger partial charge in [0.2, 0.25) is 5.91 Å². The summed E-state index contributed by atoms with van der Waals surface area (Å²) in [7, 11) is 0. The van der Waals surface area contributed by atoms with Crippen molar-refractivity contribution < 1.29 is 29.0 Å². The van der Waals surface area contributed by atoms with Crippen LogP contribution in [0.4, 0.5) is 4.79 Å². The Hall–Kier alpha value is -2.09. The number of nitrogens with one attached hydrogen (secondary N) is 2. The average molecular weight is 384 g/mol. The Balaban J connectivity index is 3.13. The summed E-state index contributed by atoms with van der Waals surface area (Å²) in [6, 6.07) is -1.27. The second kappa shape index (κ2) is 9.73. The molecule has 3 atom stereocenters. The molecule has 0 spiro atoms. The maximum absolute atomic E-state index is 12.2. The average Bonchev–Trinajstić information content (AvgIpc) is 2.52. The first-order valence-corrected chi connectivity index (χ1v) is 9.32. The molecule has 0 aromatic rings. The van der Waals surface area contributed by atoms with Crippen LogP contribution in [0.3, 0.4) is 0 Å². The van der Waals surface area contributed by atoms with Gasteiger partial charge in [0.25, 0.3) is 0 Å². The van der Waals surface area contributed by atoms with Crippen LogP contribution in [0.25, 0.3) is 0 Å². The highest BCUT2D eigenvalue weighted by Gasteiger charge is 2.38. The molecule has 1 aliphatic carbocycles. The lowest BCUT2D eigenvalue weighted by Gasteiger charge is -2.38. The van der Waals surface area contributed by atoms with Crippen molar-refractivity contribution in [2.75, 3.05) is 0 Å². The lowest BCUT2D eigenvalue weighted by Crippen LogP contribution is -2.60. The second-order valence-corrected chi connectivity index (χ2v) is 7.72. The van der Waals surface area contributed by atoms with Gasteiger partial charge in [-0.05, 0) is 39.7 Å². The first-order valence-electron chi connectivity index (χ1n) is 9.32. The molecule has 0 fully saturated rings. The van der Waals surface area contributed by atoms with Gasteiger partial charge in [-0.15, -0.1) is 0 Å². The molecule has 0 saturated carbocycles. The minimum atomic E-state index is -1.08. The topological polar surface area (TPSA) is 114 Å². The Kier molecular flexibility index (Phi) is 8.27. The molecule has 2 amide bonds. The molecule has 0 radical (unpaired) electrons. The zero-order valence-electron chi connectivity index (χ0n) is 17.0. The molecule has 154 valence electrons. The first-order chi connectivity index (χ1) is 12.5. The Morgan fingerprint density at radius 1 is 1.22 bits per heavy atom. The molecule has 0 saturated heterocycles. The number of carboxylic acid groups (broad SMARTS) is 1. The summed E-state index contributed by atoms with van der Waals surface area (Å²) in [6.07, 6.45) is 1.66. The van der Waals surface area contributed by atoms with Crippen molar-refractivity contribution in [3.63, 3.8) is 0 Å². The summed E-state index contributed by atoms with van der Waals surface area (Å²) in [4.78, 5) is 35.5. The van der Waals surface area contributed by atoms with E-state index < -0.39 is 35.9 Å². The highest BCUT2D eigenvalue weighted by atomic mass is 16.6. The third-order valence-electron chi connectivity index (χ3n) is 4.20.